The molecule has 0 aromatic heterocycles. The summed E-state index contributed by atoms with van der Waals surface area (Å²) in [7, 11) is 0. The molecule has 0 N–H and O–H groups in total. The minimum absolute atomic E-state index is 0.255. The van der Waals surface area contributed by atoms with Gasteiger partial charge in [-0.05, 0) is 19.4 Å². The zero-order valence-corrected chi connectivity index (χ0v) is 9.04. The molecule has 0 aromatic carbocycles. The highest BCUT2D eigenvalue weighted by atomic mass is 35.5. The number of fused-ring (bicyclic) bond motifs is 1. The third-order valence-corrected chi connectivity index (χ3v) is 4.13. The summed E-state index contributed by atoms with van der Waals surface area (Å²) in [5.41, 5.74) is 0. The van der Waals surface area contributed by atoms with E-state index in [0.29, 0.717) is 11.9 Å². The third-order valence-electron chi connectivity index (χ3n) is 3.00. The van der Waals surface area contributed by atoms with Gasteiger partial charge >= 0.3 is 0 Å². The van der Waals surface area contributed by atoms with Crippen molar-refractivity contribution >= 4 is 34.8 Å². The van der Waals surface area contributed by atoms with Gasteiger partial charge in [-0.1, -0.05) is 23.2 Å². The van der Waals surface area contributed by atoms with Gasteiger partial charge in [0.1, 0.15) is 4.33 Å². The molecule has 0 spiro atoms. The fourth-order valence-electron chi connectivity index (χ4n) is 2.39. The maximum Gasteiger partial charge on any atom is 0.136 e. The zero-order valence-electron chi connectivity index (χ0n) is 6.77. The van der Waals surface area contributed by atoms with E-state index < -0.39 is 4.33 Å². The van der Waals surface area contributed by atoms with Gasteiger partial charge in [-0.25, -0.2) is 0 Å². The van der Waals surface area contributed by atoms with Crippen LogP contribution < -0.4 is 0 Å². The number of rotatable bonds is 1. The Bertz CT molecular complexity index is 183. The number of hydrogen-bond acceptors (Lipinski definition) is 1. The molecule has 2 fully saturated rings. The average molecular weight is 229 g/mol. The number of hydrogen-bond donors (Lipinski definition) is 0. The lowest BCUT2D eigenvalue weighted by atomic mass is 10.00. The molecule has 0 saturated carbocycles. The van der Waals surface area contributed by atoms with Crippen molar-refractivity contribution in [2.45, 2.75) is 23.2 Å². The van der Waals surface area contributed by atoms with Crippen molar-refractivity contribution < 1.29 is 0 Å². The van der Waals surface area contributed by atoms with Gasteiger partial charge in [0.25, 0.3) is 0 Å². The summed E-state index contributed by atoms with van der Waals surface area (Å²) in [4.78, 5) is 2.37. The normalized spacial score (nSPS) is 40.2. The molecule has 1 nitrogen and oxygen atoms in total. The maximum absolute atomic E-state index is 6.18. The van der Waals surface area contributed by atoms with Crippen LogP contribution in [-0.2, 0) is 0 Å². The Balaban J connectivity index is 2.16. The zero-order chi connectivity index (χ0) is 8.77. The lowest BCUT2D eigenvalue weighted by molar-refractivity contribution is 0.300. The molecule has 0 aromatic rings. The lowest BCUT2D eigenvalue weighted by Gasteiger charge is -2.22. The van der Waals surface area contributed by atoms with E-state index in [1.165, 1.54) is 12.8 Å². The Morgan fingerprint density at radius 3 is 2.83 bits per heavy atom. The highest BCUT2D eigenvalue weighted by molar-refractivity contribution is 6.49. The Morgan fingerprint density at radius 2 is 2.17 bits per heavy atom. The molecule has 4 heteroatoms. The second-order valence-corrected chi connectivity index (χ2v) is 5.55. The van der Waals surface area contributed by atoms with Gasteiger partial charge in [0.15, 0.2) is 0 Å². The van der Waals surface area contributed by atoms with Crippen molar-refractivity contribution in [1.82, 2.24) is 4.90 Å². The standard InChI is InChI=1S/C8H12Cl3N/c9-4-6-7-2-1-3-12(7)5-8(6,10)11/h6-7H,1-5H2/t6-,7-/m0/s1. The minimum atomic E-state index is -0.604. The van der Waals surface area contributed by atoms with Crippen LogP contribution in [0.25, 0.3) is 0 Å². The summed E-state index contributed by atoms with van der Waals surface area (Å²) in [6.45, 7) is 1.93. The van der Waals surface area contributed by atoms with E-state index >= 15 is 0 Å². The first-order valence-corrected chi connectivity index (χ1v) is 5.62. The van der Waals surface area contributed by atoms with Crippen LogP contribution in [-0.4, -0.2) is 34.2 Å². The average Bonchev–Trinajstić information content (AvgIpc) is 2.43. The molecule has 12 heavy (non-hydrogen) atoms. The first-order chi connectivity index (χ1) is 5.65. The molecule has 70 valence electrons. The molecule has 0 bridgehead atoms. The fourth-order valence-corrected chi connectivity index (χ4v) is 3.77. The SMILES string of the molecule is ClC[C@H]1[C@@H]2CCCN2CC1(Cl)Cl. The van der Waals surface area contributed by atoms with Gasteiger partial charge in [0.2, 0.25) is 0 Å². The van der Waals surface area contributed by atoms with Crippen LogP contribution in [0.3, 0.4) is 0 Å². The number of halogens is 3. The van der Waals surface area contributed by atoms with E-state index in [9.17, 15) is 0 Å². The molecule has 2 aliphatic heterocycles. The second kappa shape index (κ2) is 3.20. The number of alkyl halides is 3. The predicted octanol–water partition coefficient (Wildman–Crippen LogP) is 2.49. The highest BCUT2D eigenvalue weighted by Crippen LogP contribution is 2.46. The Labute approximate surface area is 88.0 Å². The molecular weight excluding hydrogens is 216 g/mol. The van der Waals surface area contributed by atoms with Crippen molar-refractivity contribution in [2.75, 3.05) is 19.0 Å². The van der Waals surface area contributed by atoms with Crippen molar-refractivity contribution in [3.05, 3.63) is 0 Å². The highest BCUT2D eigenvalue weighted by Gasteiger charge is 2.51. The Kier molecular flexibility index (Phi) is 2.50. The smallest absolute Gasteiger partial charge is 0.136 e. The summed E-state index contributed by atoms with van der Waals surface area (Å²) in [5, 5.41) is 0. The van der Waals surface area contributed by atoms with Crippen molar-refractivity contribution in [3.8, 4) is 0 Å². The molecule has 2 heterocycles. The van der Waals surface area contributed by atoms with Crippen molar-refractivity contribution in [2.24, 2.45) is 5.92 Å². The molecule has 0 amide bonds. The summed E-state index contributed by atoms with van der Waals surface area (Å²) in [6, 6.07) is 0.539. The van der Waals surface area contributed by atoms with Crippen molar-refractivity contribution in [1.29, 1.82) is 0 Å². The second-order valence-electron chi connectivity index (χ2n) is 3.70. The van der Waals surface area contributed by atoms with Gasteiger partial charge in [0.05, 0.1) is 0 Å². The Morgan fingerprint density at radius 1 is 1.42 bits per heavy atom. The number of nitrogens with zero attached hydrogens (tertiary/aromatic N) is 1. The summed E-state index contributed by atoms with van der Waals surface area (Å²) >= 11 is 18.2. The van der Waals surface area contributed by atoms with E-state index in [2.05, 4.69) is 4.90 Å². The van der Waals surface area contributed by atoms with Crippen LogP contribution in [0.1, 0.15) is 12.8 Å². The van der Waals surface area contributed by atoms with Gasteiger partial charge in [0, 0.05) is 24.4 Å². The van der Waals surface area contributed by atoms with E-state index in [-0.39, 0.29) is 5.92 Å². The molecular formula is C8H12Cl3N. The largest absolute Gasteiger partial charge is 0.297 e. The summed E-state index contributed by atoms with van der Waals surface area (Å²) in [5.74, 6) is 0.832. The maximum atomic E-state index is 6.18. The fraction of sp³-hybridized carbons (Fsp3) is 1.00. The lowest BCUT2D eigenvalue weighted by Crippen LogP contribution is -2.29. The van der Waals surface area contributed by atoms with Crippen LogP contribution in [0, 0.1) is 5.92 Å². The van der Waals surface area contributed by atoms with Crippen LogP contribution >= 0.6 is 34.8 Å². The minimum Gasteiger partial charge on any atom is -0.297 e. The van der Waals surface area contributed by atoms with E-state index in [0.717, 1.165) is 13.1 Å². The molecule has 2 rings (SSSR count). The van der Waals surface area contributed by atoms with Crippen LogP contribution in [0.4, 0.5) is 0 Å². The molecule has 2 atom stereocenters. The third kappa shape index (κ3) is 1.35. The monoisotopic (exact) mass is 227 g/mol. The summed E-state index contributed by atoms with van der Waals surface area (Å²) in [6.07, 6.45) is 2.47. The quantitative estimate of drug-likeness (QED) is 0.624. The molecule has 0 radical (unpaired) electrons. The van der Waals surface area contributed by atoms with Gasteiger partial charge in [-0.15, -0.1) is 11.6 Å². The Hall–Kier alpha value is 0.830. The van der Waals surface area contributed by atoms with Crippen molar-refractivity contribution in [3.63, 3.8) is 0 Å². The molecule has 2 saturated heterocycles. The van der Waals surface area contributed by atoms with Gasteiger partial charge in [-0.3, -0.25) is 4.90 Å². The topological polar surface area (TPSA) is 3.24 Å². The van der Waals surface area contributed by atoms with E-state index in [4.69, 9.17) is 34.8 Å². The predicted molar refractivity (Wildman–Crippen MR) is 53.2 cm³/mol. The van der Waals surface area contributed by atoms with Gasteiger partial charge < -0.3 is 0 Å². The van der Waals surface area contributed by atoms with Gasteiger partial charge in [-0.2, -0.15) is 0 Å². The first kappa shape index (κ1) is 9.39. The summed E-state index contributed by atoms with van der Waals surface area (Å²) < 4.78 is -0.604. The van der Waals surface area contributed by atoms with Crippen LogP contribution in [0.15, 0.2) is 0 Å². The van der Waals surface area contributed by atoms with E-state index in [1.54, 1.807) is 0 Å². The van der Waals surface area contributed by atoms with Crippen LogP contribution in [0.5, 0.6) is 0 Å². The van der Waals surface area contributed by atoms with E-state index in [1.807, 2.05) is 0 Å². The first-order valence-electron chi connectivity index (χ1n) is 4.33. The van der Waals surface area contributed by atoms with Crippen LogP contribution in [0.2, 0.25) is 0 Å². The molecule has 0 aliphatic carbocycles. The molecule has 0 unspecified atom stereocenters. The molecule has 2 aliphatic rings.